The SMILES string of the molecule is CCNc1cncc(N(C)CC2CC2)n1. The minimum absolute atomic E-state index is 0.859. The van der Waals surface area contributed by atoms with Gasteiger partial charge in [0.25, 0.3) is 0 Å². The lowest BCUT2D eigenvalue weighted by Crippen LogP contribution is -2.21. The van der Waals surface area contributed by atoms with Crippen molar-refractivity contribution in [3.05, 3.63) is 12.4 Å². The van der Waals surface area contributed by atoms with E-state index in [-0.39, 0.29) is 0 Å². The smallest absolute Gasteiger partial charge is 0.149 e. The third kappa shape index (κ3) is 2.81. The summed E-state index contributed by atoms with van der Waals surface area (Å²) in [5.41, 5.74) is 0. The van der Waals surface area contributed by atoms with Crippen molar-refractivity contribution in [1.29, 1.82) is 0 Å². The van der Waals surface area contributed by atoms with Crippen molar-refractivity contribution < 1.29 is 0 Å². The monoisotopic (exact) mass is 206 g/mol. The minimum Gasteiger partial charge on any atom is -0.369 e. The second-order valence-corrected chi connectivity index (χ2v) is 4.12. The maximum atomic E-state index is 4.50. The highest BCUT2D eigenvalue weighted by Crippen LogP contribution is 2.30. The zero-order chi connectivity index (χ0) is 10.7. The Morgan fingerprint density at radius 3 is 2.93 bits per heavy atom. The van der Waals surface area contributed by atoms with Gasteiger partial charge in [-0.3, -0.25) is 4.98 Å². The molecule has 1 aromatic rings. The number of hydrogen-bond acceptors (Lipinski definition) is 4. The van der Waals surface area contributed by atoms with Gasteiger partial charge in [0.15, 0.2) is 0 Å². The van der Waals surface area contributed by atoms with E-state index >= 15 is 0 Å². The van der Waals surface area contributed by atoms with Gasteiger partial charge >= 0.3 is 0 Å². The third-order valence-corrected chi connectivity index (χ3v) is 2.60. The maximum absolute atomic E-state index is 4.50. The van der Waals surface area contributed by atoms with Crippen LogP contribution < -0.4 is 10.2 Å². The van der Waals surface area contributed by atoms with Gasteiger partial charge in [-0.2, -0.15) is 0 Å². The van der Waals surface area contributed by atoms with Gasteiger partial charge < -0.3 is 10.2 Å². The van der Waals surface area contributed by atoms with Crippen LogP contribution in [0.5, 0.6) is 0 Å². The Morgan fingerprint density at radius 1 is 1.47 bits per heavy atom. The summed E-state index contributed by atoms with van der Waals surface area (Å²) >= 11 is 0. The molecule has 1 aliphatic rings. The van der Waals surface area contributed by atoms with Crippen LogP contribution in [0.4, 0.5) is 11.6 Å². The zero-order valence-electron chi connectivity index (χ0n) is 9.40. The second kappa shape index (κ2) is 4.47. The molecule has 1 heterocycles. The Bertz CT molecular complexity index is 322. The fraction of sp³-hybridized carbons (Fsp3) is 0.636. The van der Waals surface area contributed by atoms with Gasteiger partial charge in [-0.25, -0.2) is 4.98 Å². The summed E-state index contributed by atoms with van der Waals surface area (Å²) in [5.74, 6) is 2.69. The summed E-state index contributed by atoms with van der Waals surface area (Å²) in [5, 5.41) is 3.17. The van der Waals surface area contributed by atoms with Crippen LogP contribution in [-0.2, 0) is 0 Å². The Labute approximate surface area is 90.7 Å². The molecule has 1 saturated carbocycles. The summed E-state index contributed by atoms with van der Waals surface area (Å²) in [6.45, 7) is 4.04. The molecular weight excluding hydrogens is 188 g/mol. The van der Waals surface area contributed by atoms with Gasteiger partial charge in [0.1, 0.15) is 11.6 Å². The maximum Gasteiger partial charge on any atom is 0.149 e. The molecule has 1 fully saturated rings. The van der Waals surface area contributed by atoms with Crippen LogP contribution in [-0.4, -0.2) is 30.1 Å². The first-order chi connectivity index (χ1) is 7.29. The normalized spacial score (nSPS) is 15.1. The minimum atomic E-state index is 0.859. The van der Waals surface area contributed by atoms with Gasteiger partial charge in [0, 0.05) is 20.1 Å². The number of hydrogen-bond donors (Lipinski definition) is 1. The molecule has 0 aromatic carbocycles. The average molecular weight is 206 g/mol. The topological polar surface area (TPSA) is 41.1 Å². The number of nitrogens with one attached hydrogen (secondary N) is 1. The molecule has 0 aliphatic heterocycles. The van der Waals surface area contributed by atoms with Gasteiger partial charge in [0.2, 0.25) is 0 Å². The molecule has 0 bridgehead atoms. The van der Waals surface area contributed by atoms with Crippen LogP contribution in [0.2, 0.25) is 0 Å². The lowest BCUT2D eigenvalue weighted by molar-refractivity contribution is 0.775. The Morgan fingerprint density at radius 2 is 2.27 bits per heavy atom. The van der Waals surface area contributed by atoms with Crippen molar-refractivity contribution in [2.75, 3.05) is 30.4 Å². The van der Waals surface area contributed by atoms with Gasteiger partial charge in [-0.05, 0) is 25.7 Å². The Balaban J connectivity index is 2.01. The number of aromatic nitrogens is 2. The average Bonchev–Trinajstić information content (AvgIpc) is 3.03. The summed E-state index contributed by atoms with van der Waals surface area (Å²) in [6.07, 6.45) is 6.32. The number of anilines is 2. The van der Waals surface area contributed by atoms with Crippen LogP contribution in [0.3, 0.4) is 0 Å². The van der Waals surface area contributed by atoms with E-state index in [9.17, 15) is 0 Å². The van der Waals surface area contributed by atoms with E-state index in [4.69, 9.17) is 0 Å². The predicted octanol–water partition coefficient (Wildman–Crippen LogP) is 1.75. The largest absolute Gasteiger partial charge is 0.369 e. The quantitative estimate of drug-likeness (QED) is 0.797. The molecule has 0 radical (unpaired) electrons. The molecule has 0 amide bonds. The van der Waals surface area contributed by atoms with Crippen LogP contribution in [0.1, 0.15) is 19.8 Å². The molecule has 1 N–H and O–H groups in total. The van der Waals surface area contributed by atoms with Gasteiger partial charge in [-0.1, -0.05) is 0 Å². The first-order valence-electron chi connectivity index (χ1n) is 5.56. The Kier molecular flexibility index (Phi) is 3.04. The predicted molar refractivity (Wildman–Crippen MR) is 62.2 cm³/mol. The van der Waals surface area contributed by atoms with Crippen LogP contribution in [0.15, 0.2) is 12.4 Å². The summed E-state index contributed by atoms with van der Waals surface area (Å²) < 4.78 is 0. The first kappa shape index (κ1) is 10.2. The molecule has 1 aliphatic carbocycles. The van der Waals surface area contributed by atoms with Gasteiger partial charge in [-0.15, -0.1) is 0 Å². The van der Waals surface area contributed by atoms with Crippen molar-refractivity contribution in [1.82, 2.24) is 9.97 Å². The Hall–Kier alpha value is -1.32. The van der Waals surface area contributed by atoms with Crippen molar-refractivity contribution >= 4 is 11.6 Å². The molecule has 2 rings (SSSR count). The highest BCUT2D eigenvalue weighted by atomic mass is 15.2. The van der Waals surface area contributed by atoms with Crippen molar-refractivity contribution in [2.24, 2.45) is 5.92 Å². The van der Waals surface area contributed by atoms with E-state index in [1.807, 2.05) is 6.20 Å². The van der Waals surface area contributed by atoms with Crippen molar-refractivity contribution in [2.45, 2.75) is 19.8 Å². The second-order valence-electron chi connectivity index (χ2n) is 4.12. The number of rotatable bonds is 5. The third-order valence-electron chi connectivity index (χ3n) is 2.60. The van der Waals surface area contributed by atoms with Crippen molar-refractivity contribution in [3.63, 3.8) is 0 Å². The molecule has 4 heteroatoms. The first-order valence-corrected chi connectivity index (χ1v) is 5.56. The molecule has 82 valence electrons. The van der Waals surface area contributed by atoms with E-state index < -0.39 is 0 Å². The zero-order valence-corrected chi connectivity index (χ0v) is 9.40. The fourth-order valence-corrected chi connectivity index (χ4v) is 1.59. The molecule has 0 saturated heterocycles. The van der Waals surface area contributed by atoms with Crippen LogP contribution in [0, 0.1) is 5.92 Å². The van der Waals surface area contributed by atoms with E-state index in [1.54, 1.807) is 6.20 Å². The molecule has 0 atom stereocenters. The number of nitrogens with zero attached hydrogens (tertiary/aromatic N) is 3. The summed E-state index contributed by atoms with van der Waals surface area (Å²) in [7, 11) is 2.08. The van der Waals surface area contributed by atoms with E-state index in [0.717, 1.165) is 30.6 Å². The summed E-state index contributed by atoms with van der Waals surface area (Å²) in [6, 6.07) is 0. The molecule has 15 heavy (non-hydrogen) atoms. The van der Waals surface area contributed by atoms with E-state index in [2.05, 4.69) is 34.2 Å². The summed E-state index contributed by atoms with van der Waals surface area (Å²) in [4.78, 5) is 10.9. The highest BCUT2D eigenvalue weighted by molar-refractivity contribution is 5.43. The lowest BCUT2D eigenvalue weighted by Gasteiger charge is -2.17. The van der Waals surface area contributed by atoms with E-state index in [1.165, 1.54) is 12.8 Å². The standard InChI is InChI=1S/C11H18N4/c1-3-13-10-6-12-7-11(14-10)15(2)8-9-4-5-9/h6-7,9H,3-5,8H2,1-2H3,(H,13,14). The van der Waals surface area contributed by atoms with E-state index in [0.29, 0.717) is 0 Å². The highest BCUT2D eigenvalue weighted by Gasteiger charge is 2.23. The molecule has 0 spiro atoms. The molecule has 4 nitrogen and oxygen atoms in total. The fourth-order valence-electron chi connectivity index (χ4n) is 1.59. The van der Waals surface area contributed by atoms with Gasteiger partial charge in [0.05, 0.1) is 12.4 Å². The van der Waals surface area contributed by atoms with Crippen LogP contribution in [0.25, 0.3) is 0 Å². The molecular formula is C11H18N4. The lowest BCUT2D eigenvalue weighted by atomic mass is 10.4. The molecule has 0 unspecified atom stereocenters. The molecule has 1 aromatic heterocycles. The van der Waals surface area contributed by atoms with Crippen molar-refractivity contribution in [3.8, 4) is 0 Å². The van der Waals surface area contributed by atoms with Crippen LogP contribution >= 0.6 is 0 Å².